The quantitative estimate of drug-likeness (QED) is 0.675. The van der Waals surface area contributed by atoms with Crippen LogP contribution in [0, 0.1) is 0 Å². The van der Waals surface area contributed by atoms with Gasteiger partial charge in [0.05, 0.1) is 17.7 Å². The molecule has 0 saturated carbocycles. The Morgan fingerprint density at radius 2 is 1.89 bits per heavy atom. The van der Waals surface area contributed by atoms with Crippen molar-refractivity contribution in [2.24, 2.45) is 0 Å². The lowest BCUT2D eigenvalue weighted by molar-refractivity contribution is 0.131. The monoisotopic (exact) mass is 276 g/mol. The predicted octanol–water partition coefficient (Wildman–Crippen LogP) is 2.78. The van der Waals surface area contributed by atoms with Crippen molar-refractivity contribution >= 4 is 18.8 Å². The van der Waals surface area contributed by atoms with Gasteiger partial charge in [-0.1, -0.05) is 37.8 Å². The number of ether oxygens (including phenoxy) is 1. The second-order valence-corrected chi connectivity index (χ2v) is 11.5. The van der Waals surface area contributed by atoms with E-state index in [9.17, 15) is 4.79 Å². The Morgan fingerprint density at radius 3 is 2.58 bits per heavy atom. The van der Waals surface area contributed by atoms with Gasteiger partial charge in [-0.3, -0.25) is 4.79 Å². The Kier molecular flexibility index (Phi) is 4.16. The highest BCUT2D eigenvalue weighted by atomic mass is 28.3. The van der Waals surface area contributed by atoms with E-state index >= 15 is 0 Å². The van der Waals surface area contributed by atoms with Crippen molar-refractivity contribution in [1.82, 2.24) is 10.2 Å². The van der Waals surface area contributed by atoms with E-state index in [0.717, 1.165) is 23.7 Å². The summed E-state index contributed by atoms with van der Waals surface area (Å²) >= 11 is 0. The number of fused-ring (bicyclic) bond motifs is 1. The number of H-pyrrole nitrogens is 1. The molecule has 0 fully saturated rings. The van der Waals surface area contributed by atoms with Gasteiger partial charge in [-0.2, -0.15) is 5.10 Å². The Bertz CT molecular complexity index is 617. The standard InChI is InChI=1S/C14H20N2O2Si/c1-19(2,3)9-8-18-10-13-11-6-4-5-7-12(11)14(17)16-15-13/h4-7H,8-10H2,1-3H3,(H,16,17). The second-order valence-electron chi connectivity index (χ2n) is 5.91. The van der Waals surface area contributed by atoms with Gasteiger partial charge in [-0.25, -0.2) is 5.10 Å². The van der Waals surface area contributed by atoms with Crippen LogP contribution in [-0.4, -0.2) is 24.9 Å². The molecule has 5 heteroatoms. The molecule has 0 aliphatic rings. The maximum atomic E-state index is 11.6. The Labute approximate surface area is 113 Å². The van der Waals surface area contributed by atoms with Gasteiger partial charge >= 0.3 is 0 Å². The molecule has 0 bridgehead atoms. The number of rotatable bonds is 5. The van der Waals surface area contributed by atoms with Crippen molar-refractivity contribution in [3.8, 4) is 0 Å². The van der Waals surface area contributed by atoms with Crippen LogP contribution in [0.1, 0.15) is 5.69 Å². The summed E-state index contributed by atoms with van der Waals surface area (Å²) in [5.41, 5.74) is 0.646. The van der Waals surface area contributed by atoms with Crippen LogP contribution in [0.5, 0.6) is 0 Å². The van der Waals surface area contributed by atoms with Gasteiger partial charge in [0.1, 0.15) is 0 Å². The first-order valence-corrected chi connectivity index (χ1v) is 10.2. The number of nitrogens with zero attached hydrogens (tertiary/aromatic N) is 1. The van der Waals surface area contributed by atoms with E-state index in [4.69, 9.17) is 4.74 Å². The van der Waals surface area contributed by atoms with Gasteiger partial charge in [0.2, 0.25) is 0 Å². The molecule has 0 aliphatic heterocycles. The third-order valence-electron chi connectivity index (χ3n) is 3.01. The van der Waals surface area contributed by atoms with Crippen LogP contribution < -0.4 is 5.56 Å². The number of hydrogen-bond acceptors (Lipinski definition) is 3. The molecule has 1 heterocycles. The maximum absolute atomic E-state index is 11.6. The van der Waals surface area contributed by atoms with Crippen LogP contribution in [0.3, 0.4) is 0 Å². The molecule has 2 rings (SSSR count). The van der Waals surface area contributed by atoms with Crippen LogP contribution in [-0.2, 0) is 11.3 Å². The number of hydrogen-bond donors (Lipinski definition) is 1. The molecule has 2 aromatic rings. The molecular formula is C14H20N2O2Si. The fourth-order valence-electron chi connectivity index (χ4n) is 1.83. The van der Waals surface area contributed by atoms with Crippen LogP contribution >= 0.6 is 0 Å². The molecular weight excluding hydrogens is 256 g/mol. The van der Waals surface area contributed by atoms with Crippen molar-refractivity contribution in [3.05, 3.63) is 40.3 Å². The first kappa shape index (κ1) is 14.0. The summed E-state index contributed by atoms with van der Waals surface area (Å²) in [6, 6.07) is 8.62. The summed E-state index contributed by atoms with van der Waals surface area (Å²) in [7, 11) is -1.06. The number of aromatic amines is 1. The predicted molar refractivity (Wildman–Crippen MR) is 80.2 cm³/mol. The average Bonchev–Trinajstić information content (AvgIpc) is 2.36. The summed E-state index contributed by atoms with van der Waals surface area (Å²) in [5.74, 6) is 0. The number of aromatic nitrogens is 2. The zero-order valence-electron chi connectivity index (χ0n) is 11.7. The zero-order valence-corrected chi connectivity index (χ0v) is 12.7. The van der Waals surface area contributed by atoms with Gasteiger partial charge in [0.25, 0.3) is 5.56 Å². The molecule has 0 aliphatic carbocycles. The maximum Gasteiger partial charge on any atom is 0.272 e. The van der Waals surface area contributed by atoms with E-state index < -0.39 is 8.07 Å². The van der Waals surface area contributed by atoms with Gasteiger partial charge in [0, 0.05) is 20.1 Å². The second kappa shape index (κ2) is 5.67. The molecule has 0 spiro atoms. The minimum absolute atomic E-state index is 0.151. The molecule has 0 saturated heterocycles. The summed E-state index contributed by atoms with van der Waals surface area (Å²) in [6.45, 7) is 8.17. The van der Waals surface area contributed by atoms with Gasteiger partial charge in [0.15, 0.2) is 0 Å². The molecule has 0 unspecified atom stereocenters. The van der Waals surface area contributed by atoms with E-state index in [-0.39, 0.29) is 5.56 Å². The van der Waals surface area contributed by atoms with Crippen molar-refractivity contribution in [2.75, 3.05) is 6.61 Å². The van der Waals surface area contributed by atoms with Crippen LogP contribution in [0.4, 0.5) is 0 Å². The van der Waals surface area contributed by atoms with Crippen molar-refractivity contribution < 1.29 is 4.74 Å². The normalized spacial score (nSPS) is 11.9. The largest absolute Gasteiger partial charge is 0.375 e. The zero-order chi connectivity index (χ0) is 13.9. The third kappa shape index (κ3) is 3.75. The highest BCUT2D eigenvalue weighted by Gasteiger charge is 2.12. The van der Waals surface area contributed by atoms with Crippen LogP contribution in [0.2, 0.25) is 25.7 Å². The van der Waals surface area contributed by atoms with Gasteiger partial charge in [-0.15, -0.1) is 0 Å². The Morgan fingerprint density at radius 1 is 1.21 bits per heavy atom. The minimum Gasteiger partial charge on any atom is -0.375 e. The summed E-state index contributed by atoms with van der Waals surface area (Å²) in [5, 5.41) is 8.15. The summed E-state index contributed by atoms with van der Waals surface area (Å²) < 4.78 is 5.69. The van der Waals surface area contributed by atoms with E-state index in [1.807, 2.05) is 18.2 Å². The molecule has 0 atom stereocenters. The highest BCUT2D eigenvalue weighted by molar-refractivity contribution is 6.76. The fourth-order valence-corrected chi connectivity index (χ4v) is 2.59. The van der Waals surface area contributed by atoms with Gasteiger partial charge < -0.3 is 4.74 Å². The SMILES string of the molecule is C[Si](C)(C)CCOCc1n[nH]c(=O)c2ccccc12. The topological polar surface area (TPSA) is 55.0 Å². The fraction of sp³-hybridized carbons (Fsp3) is 0.429. The average molecular weight is 276 g/mol. The van der Waals surface area contributed by atoms with Crippen molar-refractivity contribution in [1.29, 1.82) is 0 Å². The molecule has 19 heavy (non-hydrogen) atoms. The van der Waals surface area contributed by atoms with E-state index in [1.165, 1.54) is 0 Å². The highest BCUT2D eigenvalue weighted by Crippen LogP contribution is 2.14. The van der Waals surface area contributed by atoms with E-state index in [0.29, 0.717) is 12.0 Å². The molecule has 0 radical (unpaired) electrons. The van der Waals surface area contributed by atoms with Crippen LogP contribution in [0.25, 0.3) is 10.8 Å². The first-order valence-electron chi connectivity index (χ1n) is 6.51. The van der Waals surface area contributed by atoms with E-state index in [1.54, 1.807) is 6.07 Å². The molecule has 1 aromatic carbocycles. The number of benzene rings is 1. The lowest BCUT2D eigenvalue weighted by atomic mass is 10.1. The van der Waals surface area contributed by atoms with Crippen LogP contribution in [0.15, 0.2) is 29.1 Å². The summed E-state index contributed by atoms with van der Waals surface area (Å²) in [6.07, 6.45) is 0. The first-order chi connectivity index (χ1) is 8.97. The smallest absolute Gasteiger partial charge is 0.272 e. The third-order valence-corrected chi connectivity index (χ3v) is 4.71. The lowest BCUT2D eigenvalue weighted by Crippen LogP contribution is -2.21. The molecule has 0 amide bonds. The molecule has 1 N–H and O–H groups in total. The molecule has 1 aromatic heterocycles. The molecule has 4 nitrogen and oxygen atoms in total. The lowest BCUT2D eigenvalue weighted by Gasteiger charge is -2.15. The number of nitrogens with one attached hydrogen (secondary N) is 1. The van der Waals surface area contributed by atoms with Crippen molar-refractivity contribution in [3.63, 3.8) is 0 Å². The Hall–Kier alpha value is -1.46. The van der Waals surface area contributed by atoms with Gasteiger partial charge in [-0.05, 0) is 12.1 Å². The minimum atomic E-state index is -1.06. The van der Waals surface area contributed by atoms with Crippen molar-refractivity contribution in [2.45, 2.75) is 32.3 Å². The Balaban J connectivity index is 2.09. The molecule has 102 valence electrons. The van der Waals surface area contributed by atoms with E-state index in [2.05, 4.69) is 29.8 Å². The summed E-state index contributed by atoms with van der Waals surface area (Å²) in [4.78, 5) is 11.6.